The smallest absolute Gasteiger partial charge is 0.127 e. The predicted octanol–water partition coefficient (Wildman–Crippen LogP) is 8.80. The van der Waals surface area contributed by atoms with Crippen LogP contribution in [-0.4, -0.2) is 17.9 Å². The van der Waals surface area contributed by atoms with Crippen LogP contribution in [0.5, 0.6) is 5.75 Å². The molecule has 2 heteroatoms. The van der Waals surface area contributed by atoms with Gasteiger partial charge in [-0.1, -0.05) is 121 Å². The lowest BCUT2D eigenvalue weighted by molar-refractivity contribution is 0.469. The summed E-state index contributed by atoms with van der Waals surface area (Å²) in [5.74, 6) is 0.341. The van der Waals surface area contributed by atoms with Crippen molar-refractivity contribution in [2.24, 2.45) is 4.99 Å². The number of hydrogen-bond donors (Lipinski definition) is 1. The van der Waals surface area contributed by atoms with Crippen LogP contribution >= 0.6 is 0 Å². The van der Waals surface area contributed by atoms with Crippen molar-refractivity contribution in [2.75, 3.05) is 6.54 Å². The molecule has 1 N–H and O–H groups in total. The first kappa shape index (κ1) is 26.5. The monoisotopic (exact) mass is 413 g/mol. The number of aromatic hydroxyl groups is 1. The minimum atomic E-state index is 0.341. The second-order valence-corrected chi connectivity index (χ2v) is 8.69. The summed E-state index contributed by atoms with van der Waals surface area (Å²) in [5, 5.41) is 10.2. The number of allylic oxidation sites excluding steroid dienone is 1. The van der Waals surface area contributed by atoms with Gasteiger partial charge in [0.15, 0.2) is 0 Å². The van der Waals surface area contributed by atoms with Gasteiger partial charge in [0.05, 0.1) is 0 Å². The van der Waals surface area contributed by atoms with Gasteiger partial charge in [-0.2, -0.15) is 0 Å². The van der Waals surface area contributed by atoms with Crippen LogP contribution in [0, 0.1) is 0 Å². The van der Waals surface area contributed by atoms with Gasteiger partial charge in [0.1, 0.15) is 5.75 Å². The van der Waals surface area contributed by atoms with Crippen molar-refractivity contribution in [1.82, 2.24) is 0 Å². The number of aliphatic imine (C=N–C) groups is 1. The Labute approximate surface area is 186 Å². The van der Waals surface area contributed by atoms with E-state index in [4.69, 9.17) is 0 Å². The summed E-state index contributed by atoms with van der Waals surface area (Å²) in [6.07, 6.45) is 26.5. The van der Waals surface area contributed by atoms with Crippen LogP contribution in [0.2, 0.25) is 0 Å². The largest absolute Gasteiger partial charge is 0.507 e. The molecule has 0 spiro atoms. The summed E-state index contributed by atoms with van der Waals surface area (Å²) in [4.78, 5) is 4.50. The van der Waals surface area contributed by atoms with Gasteiger partial charge >= 0.3 is 0 Å². The highest BCUT2D eigenvalue weighted by molar-refractivity contribution is 5.84. The molecule has 0 saturated heterocycles. The maximum atomic E-state index is 10.2. The number of rotatable bonds is 20. The molecule has 0 radical (unpaired) electrons. The highest BCUT2D eigenvalue weighted by atomic mass is 16.3. The normalized spacial score (nSPS) is 11.4. The number of benzene rings is 1. The summed E-state index contributed by atoms with van der Waals surface area (Å²) < 4.78 is 0. The number of unbranched alkanes of at least 4 members (excludes halogenated alkanes) is 15. The van der Waals surface area contributed by atoms with Crippen molar-refractivity contribution in [3.8, 4) is 5.75 Å². The summed E-state index contributed by atoms with van der Waals surface area (Å²) >= 11 is 0. The number of para-hydroxylation sites is 1. The Bertz CT molecular complexity index is 564. The van der Waals surface area contributed by atoms with E-state index in [1.807, 2.05) is 30.5 Å². The van der Waals surface area contributed by atoms with E-state index in [0.717, 1.165) is 24.1 Å². The molecule has 0 aliphatic rings. The third-order valence-corrected chi connectivity index (χ3v) is 5.89. The lowest BCUT2D eigenvalue weighted by atomic mass is 10.0. The van der Waals surface area contributed by atoms with Crippen molar-refractivity contribution < 1.29 is 5.11 Å². The van der Waals surface area contributed by atoms with Gasteiger partial charge in [-0.25, -0.2) is 0 Å². The molecule has 0 bridgehead atoms. The van der Waals surface area contributed by atoms with Crippen LogP contribution in [-0.2, 0) is 6.42 Å². The number of hydrogen-bond acceptors (Lipinski definition) is 2. The third-order valence-electron chi connectivity index (χ3n) is 5.89. The zero-order chi connectivity index (χ0) is 21.7. The van der Waals surface area contributed by atoms with E-state index in [1.165, 1.54) is 96.3 Å². The van der Waals surface area contributed by atoms with E-state index in [2.05, 4.69) is 18.5 Å². The van der Waals surface area contributed by atoms with Crippen LogP contribution in [0.25, 0.3) is 0 Å². The standard InChI is InChI=1S/C28H47NO/c1-3-5-6-7-8-9-10-11-12-13-14-15-16-17-18-19-24-29-25-27-23-20-22-26(21-4-2)28(27)30/h4,20,22-23,25,30H,2-3,5-19,21,24H2,1H3. The number of phenols is 1. The Balaban J connectivity index is 1.90. The third kappa shape index (κ3) is 13.6. The van der Waals surface area contributed by atoms with E-state index in [9.17, 15) is 5.11 Å². The molecule has 0 atom stereocenters. The van der Waals surface area contributed by atoms with E-state index in [1.54, 1.807) is 0 Å². The van der Waals surface area contributed by atoms with Crippen molar-refractivity contribution in [2.45, 2.75) is 116 Å². The molecule has 1 rings (SSSR count). The molecular formula is C28H47NO. The van der Waals surface area contributed by atoms with Crippen LogP contribution in [0.15, 0.2) is 35.8 Å². The predicted molar refractivity (Wildman–Crippen MR) is 134 cm³/mol. The average Bonchev–Trinajstić information content (AvgIpc) is 2.75. The molecule has 1 aromatic rings. The zero-order valence-corrected chi connectivity index (χ0v) is 19.7. The van der Waals surface area contributed by atoms with Gasteiger partial charge in [-0.15, -0.1) is 6.58 Å². The lowest BCUT2D eigenvalue weighted by Crippen LogP contribution is -1.90. The van der Waals surface area contributed by atoms with E-state index < -0.39 is 0 Å². The van der Waals surface area contributed by atoms with E-state index in [-0.39, 0.29) is 0 Å². The second-order valence-electron chi connectivity index (χ2n) is 8.69. The van der Waals surface area contributed by atoms with Gasteiger partial charge in [0.25, 0.3) is 0 Å². The minimum Gasteiger partial charge on any atom is -0.507 e. The maximum absolute atomic E-state index is 10.2. The quantitative estimate of drug-likeness (QED) is 0.129. The molecule has 170 valence electrons. The first-order valence-corrected chi connectivity index (χ1v) is 12.7. The van der Waals surface area contributed by atoms with Crippen molar-refractivity contribution in [3.05, 3.63) is 42.0 Å². The highest BCUT2D eigenvalue weighted by Gasteiger charge is 2.03. The fourth-order valence-corrected chi connectivity index (χ4v) is 3.95. The fraction of sp³-hybridized carbons (Fsp3) is 0.679. The fourth-order valence-electron chi connectivity index (χ4n) is 3.95. The van der Waals surface area contributed by atoms with Crippen LogP contribution in [0.3, 0.4) is 0 Å². The van der Waals surface area contributed by atoms with Crippen LogP contribution in [0.1, 0.15) is 121 Å². The molecule has 30 heavy (non-hydrogen) atoms. The summed E-state index contributed by atoms with van der Waals surface area (Å²) in [7, 11) is 0. The van der Waals surface area contributed by atoms with Gasteiger partial charge in [0.2, 0.25) is 0 Å². The molecule has 0 aliphatic carbocycles. The Morgan fingerprint density at radius 3 is 1.77 bits per heavy atom. The minimum absolute atomic E-state index is 0.341. The number of nitrogens with zero attached hydrogens (tertiary/aromatic N) is 1. The molecule has 0 aliphatic heterocycles. The Kier molecular flexibility index (Phi) is 17.1. The topological polar surface area (TPSA) is 32.6 Å². The van der Waals surface area contributed by atoms with E-state index >= 15 is 0 Å². The van der Waals surface area contributed by atoms with Gasteiger partial charge < -0.3 is 5.11 Å². The molecular weight excluding hydrogens is 366 g/mol. The van der Waals surface area contributed by atoms with Gasteiger partial charge in [0, 0.05) is 18.3 Å². The lowest BCUT2D eigenvalue weighted by Gasteiger charge is -2.04. The van der Waals surface area contributed by atoms with Crippen LogP contribution < -0.4 is 0 Å². The Hall–Kier alpha value is -1.57. The highest BCUT2D eigenvalue weighted by Crippen LogP contribution is 2.21. The maximum Gasteiger partial charge on any atom is 0.127 e. The van der Waals surface area contributed by atoms with Gasteiger partial charge in [-0.05, 0) is 24.5 Å². The molecule has 1 aromatic carbocycles. The molecule has 0 fully saturated rings. The van der Waals surface area contributed by atoms with Crippen molar-refractivity contribution >= 4 is 6.21 Å². The molecule has 0 amide bonds. The molecule has 2 nitrogen and oxygen atoms in total. The van der Waals surface area contributed by atoms with Crippen LogP contribution in [0.4, 0.5) is 0 Å². The average molecular weight is 414 g/mol. The summed E-state index contributed by atoms with van der Waals surface area (Å²) in [6, 6.07) is 5.82. The van der Waals surface area contributed by atoms with E-state index in [0.29, 0.717) is 12.2 Å². The first-order valence-electron chi connectivity index (χ1n) is 12.7. The first-order chi connectivity index (χ1) is 14.8. The Morgan fingerprint density at radius 2 is 1.27 bits per heavy atom. The second kappa shape index (κ2) is 19.4. The molecule has 0 saturated carbocycles. The zero-order valence-electron chi connectivity index (χ0n) is 19.7. The van der Waals surface area contributed by atoms with Crippen molar-refractivity contribution in [3.63, 3.8) is 0 Å². The van der Waals surface area contributed by atoms with Crippen molar-refractivity contribution in [1.29, 1.82) is 0 Å². The molecule has 0 unspecified atom stereocenters. The Morgan fingerprint density at radius 1 is 0.767 bits per heavy atom. The SMILES string of the molecule is C=CCc1cccc(C=NCCCCCCCCCCCCCCCCCC)c1O. The number of phenolic OH excluding ortho intramolecular Hbond substituents is 1. The molecule has 0 heterocycles. The summed E-state index contributed by atoms with van der Waals surface area (Å²) in [6.45, 7) is 6.87. The van der Waals surface area contributed by atoms with Gasteiger partial charge in [-0.3, -0.25) is 4.99 Å². The summed E-state index contributed by atoms with van der Waals surface area (Å²) in [5.41, 5.74) is 1.72. The molecule has 0 aromatic heterocycles.